The highest BCUT2D eigenvalue weighted by Crippen LogP contribution is 2.33. The molecule has 1 heterocycles. The lowest BCUT2D eigenvalue weighted by Gasteiger charge is -2.36. The predicted octanol–water partition coefficient (Wildman–Crippen LogP) is 3.18. The Balaban J connectivity index is 2.00. The molecule has 31 heavy (non-hydrogen) atoms. The Morgan fingerprint density at radius 2 is 1.94 bits per heavy atom. The first-order chi connectivity index (χ1) is 14.6. The highest BCUT2D eigenvalue weighted by Gasteiger charge is 2.38. The molecule has 3 rings (SSSR count). The maximum absolute atomic E-state index is 13.2. The molecule has 1 aliphatic heterocycles. The van der Waals surface area contributed by atoms with Gasteiger partial charge in [0.25, 0.3) is 0 Å². The second-order valence-electron chi connectivity index (χ2n) is 8.37. The Morgan fingerprint density at radius 1 is 1.19 bits per heavy atom. The van der Waals surface area contributed by atoms with E-state index in [1.54, 1.807) is 6.07 Å². The van der Waals surface area contributed by atoms with Crippen molar-refractivity contribution in [2.75, 3.05) is 32.5 Å². The van der Waals surface area contributed by atoms with E-state index in [4.69, 9.17) is 5.73 Å². The molecule has 4 N–H and O–H groups in total. The summed E-state index contributed by atoms with van der Waals surface area (Å²) in [7, 11) is 3.76. The Bertz CT molecular complexity index is 929. The van der Waals surface area contributed by atoms with Gasteiger partial charge in [-0.3, -0.25) is 4.79 Å². The Kier molecular flexibility index (Phi) is 6.91. The number of hydrogen-bond acceptors (Lipinski definition) is 4. The summed E-state index contributed by atoms with van der Waals surface area (Å²) in [5, 5.41) is 6.69. The Labute approximate surface area is 180 Å². The van der Waals surface area contributed by atoms with E-state index in [9.17, 15) is 18.0 Å². The molecule has 1 aliphatic rings. The number of carbonyl (C=O) groups excluding carboxylic acids is 1. The fraction of sp³-hybridized carbons (Fsp3) is 0.435. The van der Waals surface area contributed by atoms with Crippen LogP contribution < -0.4 is 16.4 Å². The third kappa shape index (κ3) is 5.57. The van der Waals surface area contributed by atoms with Gasteiger partial charge in [0, 0.05) is 25.2 Å². The minimum Gasteiger partial charge on any atom is -0.371 e. The summed E-state index contributed by atoms with van der Waals surface area (Å²) >= 11 is 0. The van der Waals surface area contributed by atoms with Gasteiger partial charge in [-0.15, -0.1) is 0 Å². The number of amides is 1. The minimum atomic E-state index is -4.45. The van der Waals surface area contributed by atoms with Gasteiger partial charge in [0.2, 0.25) is 5.91 Å². The zero-order valence-corrected chi connectivity index (χ0v) is 17.9. The Hall–Kier alpha value is -2.58. The summed E-state index contributed by atoms with van der Waals surface area (Å²) in [6.45, 7) is 2.10. The SMILES string of the molecule is CN(C)CCC(Cc1cccc(C(F)(F)F)c1)(Nc1cccc2c1CCNC2)C(N)=O. The summed E-state index contributed by atoms with van der Waals surface area (Å²) in [6, 6.07) is 11.0. The van der Waals surface area contributed by atoms with Gasteiger partial charge in [-0.2, -0.15) is 13.2 Å². The molecule has 168 valence electrons. The number of hydrogen-bond donors (Lipinski definition) is 3. The van der Waals surface area contributed by atoms with Crippen molar-refractivity contribution in [3.8, 4) is 0 Å². The second kappa shape index (κ2) is 9.28. The van der Waals surface area contributed by atoms with Crippen LogP contribution in [0.4, 0.5) is 18.9 Å². The summed E-state index contributed by atoms with van der Waals surface area (Å²) in [5.74, 6) is -0.585. The van der Waals surface area contributed by atoms with Crippen molar-refractivity contribution < 1.29 is 18.0 Å². The number of primary amides is 1. The van der Waals surface area contributed by atoms with Crippen molar-refractivity contribution in [1.82, 2.24) is 10.2 Å². The van der Waals surface area contributed by atoms with Gasteiger partial charge in [0.1, 0.15) is 5.54 Å². The second-order valence-corrected chi connectivity index (χ2v) is 8.37. The summed E-state index contributed by atoms with van der Waals surface area (Å²) in [4.78, 5) is 14.7. The van der Waals surface area contributed by atoms with Gasteiger partial charge < -0.3 is 21.3 Å². The van der Waals surface area contributed by atoms with Crippen LogP contribution in [0.5, 0.6) is 0 Å². The minimum absolute atomic E-state index is 0.0576. The molecule has 0 radical (unpaired) electrons. The third-order valence-electron chi connectivity index (χ3n) is 5.73. The van der Waals surface area contributed by atoms with Crippen LogP contribution >= 0.6 is 0 Å². The van der Waals surface area contributed by atoms with Gasteiger partial charge >= 0.3 is 6.18 Å². The van der Waals surface area contributed by atoms with Crippen molar-refractivity contribution in [3.63, 3.8) is 0 Å². The number of anilines is 1. The van der Waals surface area contributed by atoms with Crippen LogP contribution in [0.25, 0.3) is 0 Å². The number of benzene rings is 2. The van der Waals surface area contributed by atoms with Gasteiger partial charge in [-0.1, -0.05) is 30.3 Å². The lowest BCUT2D eigenvalue weighted by Crippen LogP contribution is -2.54. The quantitative estimate of drug-likeness (QED) is 0.597. The highest BCUT2D eigenvalue weighted by molar-refractivity contribution is 5.89. The van der Waals surface area contributed by atoms with E-state index in [2.05, 4.69) is 10.6 Å². The molecular weight excluding hydrogens is 405 g/mol. The van der Waals surface area contributed by atoms with E-state index in [-0.39, 0.29) is 6.42 Å². The topological polar surface area (TPSA) is 70.4 Å². The maximum Gasteiger partial charge on any atom is 0.416 e. The average Bonchev–Trinajstić information content (AvgIpc) is 2.71. The van der Waals surface area contributed by atoms with Crippen LogP contribution in [-0.4, -0.2) is 43.5 Å². The summed E-state index contributed by atoms with van der Waals surface area (Å²) < 4.78 is 39.7. The van der Waals surface area contributed by atoms with Gasteiger partial charge in [0.15, 0.2) is 0 Å². The van der Waals surface area contributed by atoms with Gasteiger partial charge in [-0.25, -0.2) is 0 Å². The molecule has 0 bridgehead atoms. The van der Waals surface area contributed by atoms with Crippen molar-refractivity contribution in [2.45, 2.75) is 37.5 Å². The highest BCUT2D eigenvalue weighted by atomic mass is 19.4. The zero-order valence-electron chi connectivity index (χ0n) is 17.9. The van der Waals surface area contributed by atoms with E-state index in [0.717, 1.165) is 48.5 Å². The molecule has 0 fully saturated rings. The first-order valence-corrected chi connectivity index (χ1v) is 10.3. The van der Waals surface area contributed by atoms with Crippen molar-refractivity contribution in [3.05, 3.63) is 64.7 Å². The Morgan fingerprint density at radius 3 is 2.61 bits per heavy atom. The normalized spacial score (nSPS) is 15.9. The smallest absolute Gasteiger partial charge is 0.371 e. The van der Waals surface area contributed by atoms with E-state index in [1.807, 2.05) is 37.2 Å². The zero-order chi connectivity index (χ0) is 22.6. The predicted molar refractivity (Wildman–Crippen MR) is 116 cm³/mol. The molecule has 1 atom stereocenters. The fourth-order valence-electron chi connectivity index (χ4n) is 3.99. The monoisotopic (exact) mass is 434 g/mol. The molecule has 1 amide bonds. The van der Waals surface area contributed by atoms with Crippen LogP contribution in [0.15, 0.2) is 42.5 Å². The van der Waals surface area contributed by atoms with Gasteiger partial charge in [-0.05, 0) is 62.3 Å². The molecule has 1 unspecified atom stereocenters. The van der Waals surface area contributed by atoms with Crippen molar-refractivity contribution in [1.29, 1.82) is 0 Å². The summed E-state index contributed by atoms with van der Waals surface area (Å²) in [5.41, 5.74) is 7.40. The molecule has 0 saturated heterocycles. The number of halogens is 3. The van der Waals surface area contributed by atoms with Crippen molar-refractivity contribution in [2.24, 2.45) is 5.73 Å². The van der Waals surface area contributed by atoms with Crippen LogP contribution in [0.3, 0.4) is 0 Å². The van der Waals surface area contributed by atoms with Crippen LogP contribution in [-0.2, 0) is 30.4 Å². The standard InChI is InChI=1S/C23H29F3N4O/c1-30(2)12-10-22(21(27)31,14-16-5-3-7-18(13-16)23(24,25)26)29-20-8-4-6-17-15-28-11-9-19(17)20/h3-8,13,28-29H,9-12,14-15H2,1-2H3,(H2,27,31). The number of nitrogens with two attached hydrogens (primary N) is 1. The number of alkyl halides is 3. The van der Waals surface area contributed by atoms with Gasteiger partial charge in [0.05, 0.1) is 5.56 Å². The molecule has 5 nitrogen and oxygen atoms in total. The van der Waals surface area contributed by atoms with Crippen LogP contribution in [0.2, 0.25) is 0 Å². The number of carbonyl (C=O) groups is 1. The molecule has 2 aromatic rings. The molecule has 0 spiro atoms. The number of fused-ring (bicyclic) bond motifs is 1. The van der Waals surface area contributed by atoms with Crippen molar-refractivity contribution >= 4 is 11.6 Å². The summed E-state index contributed by atoms with van der Waals surface area (Å²) in [6.07, 6.45) is -3.24. The molecule has 8 heteroatoms. The fourth-order valence-corrected chi connectivity index (χ4v) is 3.99. The largest absolute Gasteiger partial charge is 0.416 e. The van der Waals surface area contributed by atoms with E-state index < -0.39 is 23.2 Å². The van der Waals surface area contributed by atoms with E-state index >= 15 is 0 Å². The third-order valence-corrected chi connectivity index (χ3v) is 5.73. The average molecular weight is 435 g/mol. The van der Waals surface area contributed by atoms with E-state index in [0.29, 0.717) is 18.5 Å². The molecule has 0 aliphatic carbocycles. The van der Waals surface area contributed by atoms with Crippen LogP contribution in [0.1, 0.15) is 28.7 Å². The van der Waals surface area contributed by atoms with Crippen LogP contribution in [0, 0.1) is 0 Å². The van der Waals surface area contributed by atoms with E-state index in [1.165, 1.54) is 6.07 Å². The number of nitrogens with zero attached hydrogens (tertiary/aromatic N) is 1. The molecule has 0 aromatic heterocycles. The molecule has 0 saturated carbocycles. The molecular formula is C23H29F3N4O. The number of nitrogens with one attached hydrogen (secondary N) is 2. The lowest BCUT2D eigenvalue weighted by molar-refractivity contribution is -0.137. The first kappa shape index (κ1) is 23.1. The first-order valence-electron chi connectivity index (χ1n) is 10.3. The lowest BCUT2D eigenvalue weighted by atomic mass is 9.84. The molecule has 2 aromatic carbocycles. The maximum atomic E-state index is 13.2. The number of rotatable bonds is 8.